The van der Waals surface area contributed by atoms with Gasteiger partial charge >= 0.3 is 0 Å². The number of hydrogen-bond donors (Lipinski definition) is 1. The highest BCUT2D eigenvalue weighted by Crippen LogP contribution is 2.19. The van der Waals surface area contributed by atoms with Crippen molar-refractivity contribution in [1.82, 2.24) is 20.0 Å². The van der Waals surface area contributed by atoms with E-state index in [4.69, 9.17) is 0 Å². The summed E-state index contributed by atoms with van der Waals surface area (Å²) in [5.41, 5.74) is 2.66. The number of benzene rings is 2. The number of amides is 3. The molecule has 2 heterocycles. The Bertz CT molecular complexity index is 931. The lowest BCUT2D eigenvalue weighted by molar-refractivity contribution is -0.134. The van der Waals surface area contributed by atoms with Gasteiger partial charge in [-0.15, -0.1) is 0 Å². The lowest BCUT2D eigenvalue weighted by Gasteiger charge is -2.35. The van der Waals surface area contributed by atoms with Gasteiger partial charge in [0.15, 0.2) is 0 Å². The molecule has 0 atom stereocenters. The molecule has 7 heteroatoms. The second-order valence-corrected chi connectivity index (χ2v) is 8.37. The third-order valence-corrected chi connectivity index (χ3v) is 6.20. The van der Waals surface area contributed by atoms with E-state index in [1.165, 1.54) is 0 Å². The van der Waals surface area contributed by atoms with Crippen LogP contribution in [0.1, 0.15) is 23.2 Å². The van der Waals surface area contributed by atoms with Crippen LogP contribution < -0.4 is 5.32 Å². The van der Waals surface area contributed by atoms with Crippen LogP contribution in [0.2, 0.25) is 0 Å². The van der Waals surface area contributed by atoms with Gasteiger partial charge in [0, 0.05) is 44.8 Å². The molecule has 7 nitrogen and oxygen atoms in total. The number of piperazine rings is 1. The van der Waals surface area contributed by atoms with E-state index in [2.05, 4.69) is 10.2 Å². The highest BCUT2D eigenvalue weighted by Gasteiger charge is 2.25. The van der Waals surface area contributed by atoms with Gasteiger partial charge in [0.05, 0.1) is 13.1 Å². The molecule has 168 valence electrons. The van der Waals surface area contributed by atoms with E-state index < -0.39 is 0 Å². The molecule has 2 aromatic carbocycles. The quantitative estimate of drug-likeness (QED) is 0.753. The number of hydrogen-bond acceptors (Lipinski definition) is 4. The highest BCUT2D eigenvalue weighted by atomic mass is 16.2. The molecule has 2 aromatic rings. The topological polar surface area (TPSA) is 73.0 Å². The van der Waals surface area contributed by atoms with Gasteiger partial charge in [-0.25, -0.2) is 0 Å². The summed E-state index contributed by atoms with van der Waals surface area (Å²) in [6.45, 7) is 4.66. The minimum Gasteiger partial charge on any atom is -0.343 e. The van der Waals surface area contributed by atoms with E-state index in [9.17, 15) is 14.4 Å². The van der Waals surface area contributed by atoms with Crippen molar-refractivity contribution in [3.05, 3.63) is 60.2 Å². The fourth-order valence-electron chi connectivity index (χ4n) is 4.23. The fourth-order valence-corrected chi connectivity index (χ4v) is 4.23. The zero-order chi connectivity index (χ0) is 22.3. The Kier molecular flexibility index (Phi) is 7.17. The Morgan fingerprint density at radius 1 is 0.688 bits per heavy atom. The molecule has 1 N–H and O–H groups in total. The molecule has 2 saturated heterocycles. The molecule has 0 unspecified atom stereocenters. The van der Waals surface area contributed by atoms with E-state index in [1.807, 2.05) is 47.4 Å². The lowest BCUT2D eigenvalue weighted by Crippen LogP contribution is -2.53. The third kappa shape index (κ3) is 5.53. The van der Waals surface area contributed by atoms with E-state index in [0.29, 0.717) is 38.3 Å². The second-order valence-electron chi connectivity index (χ2n) is 8.37. The van der Waals surface area contributed by atoms with Crippen molar-refractivity contribution in [3.63, 3.8) is 0 Å². The third-order valence-electron chi connectivity index (χ3n) is 6.20. The SMILES string of the molecule is O=C(NCC(=O)N1CCN(CC(=O)N2CCCC2)CC1)c1ccc(-c2ccccc2)cc1. The molecule has 0 spiro atoms. The minimum atomic E-state index is -0.257. The monoisotopic (exact) mass is 434 g/mol. The number of carbonyl (C=O) groups excluding carboxylic acids is 3. The Morgan fingerprint density at radius 3 is 1.94 bits per heavy atom. The molecule has 0 bridgehead atoms. The summed E-state index contributed by atoms with van der Waals surface area (Å²) in [5.74, 6) is -0.162. The predicted molar refractivity (Wildman–Crippen MR) is 123 cm³/mol. The van der Waals surface area contributed by atoms with Crippen molar-refractivity contribution in [3.8, 4) is 11.1 Å². The highest BCUT2D eigenvalue weighted by molar-refractivity contribution is 5.96. The summed E-state index contributed by atoms with van der Waals surface area (Å²) in [6, 6.07) is 17.3. The maximum absolute atomic E-state index is 12.5. The summed E-state index contributed by atoms with van der Waals surface area (Å²) in [4.78, 5) is 43.1. The van der Waals surface area contributed by atoms with E-state index in [1.54, 1.807) is 17.0 Å². The maximum Gasteiger partial charge on any atom is 0.251 e. The molecule has 2 aliphatic heterocycles. The molecule has 0 radical (unpaired) electrons. The van der Waals surface area contributed by atoms with Crippen LogP contribution in [0.4, 0.5) is 0 Å². The Labute approximate surface area is 189 Å². The van der Waals surface area contributed by atoms with Crippen LogP contribution in [-0.2, 0) is 9.59 Å². The first-order valence-electron chi connectivity index (χ1n) is 11.3. The van der Waals surface area contributed by atoms with Crippen molar-refractivity contribution in [1.29, 1.82) is 0 Å². The summed E-state index contributed by atoms with van der Waals surface area (Å²) < 4.78 is 0. The second kappa shape index (κ2) is 10.4. The van der Waals surface area contributed by atoms with Gasteiger partial charge in [-0.2, -0.15) is 0 Å². The number of carbonyl (C=O) groups is 3. The van der Waals surface area contributed by atoms with Crippen LogP contribution >= 0.6 is 0 Å². The predicted octanol–water partition coefficient (Wildman–Crippen LogP) is 1.85. The van der Waals surface area contributed by atoms with E-state index >= 15 is 0 Å². The standard InChI is InChI=1S/C25H30N4O3/c30-23(29-16-14-27(15-17-29)19-24(31)28-12-4-5-13-28)18-26-25(32)22-10-8-21(9-11-22)20-6-2-1-3-7-20/h1-3,6-11H,4-5,12-19H2,(H,26,32). The average Bonchev–Trinajstić information content (AvgIpc) is 3.39. The van der Waals surface area contributed by atoms with Crippen molar-refractivity contribution < 1.29 is 14.4 Å². The van der Waals surface area contributed by atoms with Gasteiger partial charge in [-0.05, 0) is 36.1 Å². The van der Waals surface area contributed by atoms with Gasteiger partial charge in [-0.1, -0.05) is 42.5 Å². The molecule has 4 rings (SSSR count). The van der Waals surface area contributed by atoms with Gasteiger partial charge in [-0.3, -0.25) is 19.3 Å². The van der Waals surface area contributed by atoms with Crippen LogP contribution in [0.5, 0.6) is 0 Å². The molecular weight excluding hydrogens is 404 g/mol. The number of nitrogens with zero attached hydrogens (tertiary/aromatic N) is 3. The Hall–Kier alpha value is -3.19. The largest absolute Gasteiger partial charge is 0.343 e. The number of rotatable bonds is 6. The zero-order valence-corrected chi connectivity index (χ0v) is 18.3. The molecule has 0 aromatic heterocycles. The van der Waals surface area contributed by atoms with Crippen LogP contribution in [0.3, 0.4) is 0 Å². The first-order chi connectivity index (χ1) is 15.6. The summed E-state index contributed by atoms with van der Waals surface area (Å²) in [7, 11) is 0. The molecule has 3 amide bonds. The molecule has 2 aliphatic rings. The molecule has 2 fully saturated rings. The van der Waals surface area contributed by atoms with Crippen LogP contribution in [0.15, 0.2) is 54.6 Å². The minimum absolute atomic E-state index is 0.0218. The Balaban J connectivity index is 1.20. The van der Waals surface area contributed by atoms with Gasteiger partial charge in [0.25, 0.3) is 5.91 Å². The van der Waals surface area contributed by atoms with E-state index in [-0.39, 0.29) is 24.3 Å². The molecular formula is C25H30N4O3. The fraction of sp³-hybridized carbons (Fsp3) is 0.400. The maximum atomic E-state index is 12.5. The van der Waals surface area contributed by atoms with Crippen molar-refractivity contribution in [2.45, 2.75) is 12.8 Å². The first-order valence-corrected chi connectivity index (χ1v) is 11.3. The van der Waals surface area contributed by atoms with Crippen LogP contribution in [-0.4, -0.2) is 84.8 Å². The van der Waals surface area contributed by atoms with Crippen molar-refractivity contribution in [2.75, 3.05) is 52.4 Å². The molecule has 0 saturated carbocycles. The summed E-state index contributed by atoms with van der Waals surface area (Å²) >= 11 is 0. The smallest absolute Gasteiger partial charge is 0.251 e. The lowest BCUT2D eigenvalue weighted by atomic mass is 10.0. The number of nitrogens with one attached hydrogen (secondary N) is 1. The zero-order valence-electron chi connectivity index (χ0n) is 18.3. The van der Waals surface area contributed by atoms with Crippen molar-refractivity contribution in [2.24, 2.45) is 0 Å². The molecule has 32 heavy (non-hydrogen) atoms. The normalized spacial score (nSPS) is 16.8. The van der Waals surface area contributed by atoms with Gasteiger partial charge in [0.1, 0.15) is 0 Å². The van der Waals surface area contributed by atoms with Crippen LogP contribution in [0, 0.1) is 0 Å². The number of likely N-dealkylation sites (tertiary alicyclic amines) is 1. The molecule has 0 aliphatic carbocycles. The van der Waals surface area contributed by atoms with Crippen molar-refractivity contribution >= 4 is 17.7 Å². The average molecular weight is 435 g/mol. The summed E-state index contributed by atoms with van der Waals surface area (Å²) in [5, 5.41) is 2.73. The van der Waals surface area contributed by atoms with Crippen LogP contribution in [0.25, 0.3) is 11.1 Å². The summed E-state index contributed by atoms with van der Waals surface area (Å²) in [6.07, 6.45) is 2.19. The first kappa shape index (κ1) is 22.0. The van der Waals surface area contributed by atoms with E-state index in [0.717, 1.165) is 37.1 Å². The van der Waals surface area contributed by atoms with Gasteiger partial charge in [0.2, 0.25) is 11.8 Å². The Morgan fingerprint density at radius 2 is 1.28 bits per heavy atom. The van der Waals surface area contributed by atoms with Gasteiger partial charge < -0.3 is 15.1 Å².